The smallest absolute Gasteiger partial charge is 0.420 e. The standard InChI is InChI=1S/C28H21F3N4O6/c29-28(30,31)22-14-19(8-11-24(22)39-16-17-4-2-1-3-5-17)35-27(38)34-18-6-9-20(10-7-18)40-21-12-13-33-23(15-21)25(36)41-26(32)37/h1-15H,16H2,(H2,32,37)(H2,34,35,38). The number of hydrogen-bond donors (Lipinski definition) is 3. The number of amides is 3. The number of anilines is 2. The van der Waals surface area contributed by atoms with Crippen LogP contribution in [-0.2, 0) is 17.5 Å². The average molecular weight is 566 g/mol. The highest BCUT2D eigenvalue weighted by atomic mass is 19.4. The third-order valence-corrected chi connectivity index (χ3v) is 5.26. The molecule has 41 heavy (non-hydrogen) atoms. The Kier molecular flexibility index (Phi) is 8.67. The van der Waals surface area contributed by atoms with Gasteiger partial charge < -0.3 is 30.6 Å². The van der Waals surface area contributed by atoms with Gasteiger partial charge in [0.1, 0.15) is 23.9 Å². The van der Waals surface area contributed by atoms with Crippen LogP contribution in [-0.4, -0.2) is 23.1 Å². The first kappa shape index (κ1) is 28.4. The van der Waals surface area contributed by atoms with E-state index in [9.17, 15) is 27.6 Å². The summed E-state index contributed by atoms with van der Waals surface area (Å²) in [5.41, 5.74) is 4.50. The summed E-state index contributed by atoms with van der Waals surface area (Å²) < 4.78 is 56.3. The fourth-order valence-electron chi connectivity index (χ4n) is 3.46. The lowest BCUT2D eigenvalue weighted by Gasteiger charge is -2.16. The van der Waals surface area contributed by atoms with E-state index in [0.29, 0.717) is 17.0 Å². The Labute approximate surface area is 230 Å². The number of urea groups is 1. The van der Waals surface area contributed by atoms with Gasteiger partial charge in [-0.1, -0.05) is 30.3 Å². The van der Waals surface area contributed by atoms with E-state index in [0.717, 1.165) is 12.1 Å². The maximum atomic E-state index is 13.7. The lowest BCUT2D eigenvalue weighted by molar-refractivity contribution is -0.139. The van der Waals surface area contributed by atoms with Gasteiger partial charge in [0, 0.05) is 23.6 Å². The third-order valence-electron chi connectivity index (χ3n) is 5.26. The second-order valence-electron chi connectivity index (χ2n) is 8.27. The van der Waals surface area contributed by atoms with Crippen LogP contribution in [0.5, 0.6) is 17.2 Å². The van der Waals surface area contributed by atoms with Gasteiger partial charge in [-0.2, -0.15) is 13.2 Å². The number of pyridine rings is 1. The molecule has 3 amide bonds. The molecule has 0 aliphatic carbocycles. The number of carbonyl (C=O) groups is 3. The van der Waals surface area contributed by atoms with Gasteiger partial charge in [0.2, 0.25) is 0 Å². The largest absolute Gasteiger partial charge is 0.488 e. The van der Waals surface area contributed by atoms with Gasteiger partial charge in [0.25, 0.3) is 0 Å². The van der Waals surface area contributed by atoms with E-state index >= 15 is 0 Å². The van der Waals surface area contributed by atoms with Crippen molar-refractivity contribution in [2.75, 3.05) is 10.6 Å². The number of esters is 1. The first-order valence-corrected chi connectivity index (χ1v) is 11.8. The Morgan fingerprint density at radius 2 is 1.51 bits per heavy atom. The zero-order valence-electron chi connectivity index (χ0n) is 21.0. The number of rotatable bonds is 8. The number of ether oxygens (including phenoxy) is 3. The molecule has 0 saturated carbocycles. The van der Waals surface area contributed by atoms with Gasteiger partial charge in [-0.25, -0.2) is 19.4 Å². The minimum Gasteiger partial charge on any atom is -0.488 e. The maximum absolute atomic E-state index is 13.7. The highest BCUT2D eigenvalue weighted by Gasteiger charge is 2.35. The van der Waals surface area contributed by atoms with Crippen molar-refractivity contribution in [1.29, 1.82) is 0 Å². The fraction of sp³-hybridized carbons (Fsp3) is 0.0714. The van der Waals surface area contributed by atoms with Crippen molar-refractivity contribution in [3.8, 4) is 17.2 Å². The number of alkyl halides is 3. The summed E-state index contributed by atoms with van der Waals surface area (Å²) in [5.74, 6) is -0.900. The molecular weight excluding hydrogens is 545 g/mol. The van der Waals surface area contributed by atoms with Crippen LogP contribution < -0.4 is 25.8 Å². The summed E-state index contributed by atoms with van der Waals surface area (Å²) in [5, 5.41) is 4.88. The van der Waals surface area contributed by atoms with Gasteiger partial charge in [-0.05, 0) is 54.1 Å². The highest BCUT2D eigenvalue weighted by molar-refractivity contribution is 6.00. The molecule has 4 rings (SSSR count). The van der Waals surface area contributed by atoms with Crippen molar-refractivity contribution >= 4 is 29.5 Å². The van der Waals surface area contributed by atoms with Crippen molar-refractivity contribution in [3.05, 3.63) is 108 Å². The SMILES string of the molecule is NC(=O)OC(=O)c1cc(Oc2ccc(NC(=O)Nc3ccc(OCc4ccccc4)c(C(F)(F)F)c3)cc2)ccn1. The molecule has 0 radical (unpaired) electrons. The van der Waals surface area contributed by atoms with Gasteiger partial charge in [0.15, 0.2) is 5.69 Å². The average Bonchev–Trinajstić information content (AvgIpc) is 2.93. The van der Waals surface area contributed by atoms with Gasteiger partial charge >= 0.3 is 24.3 Å². The summed E-state index contributed by atoms with van der Waals surface area (Å²) in [6.45, 7) is -0.0545. The first-order chi connectivity index (χ1) is 19.6. The number of nitrogens with one attached hydrogen (secondary N) is 2. The second kappa shape index (κ2) is 12.5. The molecule has 4 N–H and O–H groups in total. The van der Waals surface area contributed by atoms with Crippen LogP contribution in [0.25, 0.3) is 0 Å². The summed E-state index contributed by atoms with van der Waals surface area (Å²) in [6, 6.07) is 19.9. The molecule has 13 heteroatoms. The molecule has 4 aromatic rings. The lowest BCUT2D eigenvalue weighted by Crippen LogP contribution is -2.20. The first-order valence-electron chi connectivity index (χ1n) is 11.8. The van der Waals surface area contributed by atoms with Crippen molar-refractivity contribution in [2.24, 2.45) is 5.73 Å². The quantitative estimate of drug-likeness (QED) is 0.167. The molecule has 0 saturated heterocycles. The van der Waals surface area contributed by atoms with Gasteiger partial charge in [-0.3, -0.25) is 0 Å². The van der Waals surface area contributed by atoms with Gasteiger partial charge in [0.05, 0.1) is 5.56 Å². The highest BCUT2D eigenvalue weighted by Crippen LogP contribution is 2.38. The number of aromatic nitrogens is 1. The van der Waals surface area contributed by atoms with E-state index in [4.69, 9.17) is 15.2 Å². The molecule has 0 bridgehead atoms. The van der Waals surface area contributed by atoms with Crippen molar-refractivity contribution in [2.45, 2.75) is 12.8 Å². The van der Waals surface area contributed by atoms with E-state index in [1.165, 1.54) is 48.7 Å². The summed E-state index contributed by atoms with van der Waals surface area (Å²) in [4.78, 5) is 38.7. The van der Waals surface area contributed by atoms with Crippen LogP contribution in [0.15, 0.2) is 91.1 Å². The van der Waals surface area contributed by atoms with E-state index in [-0.39, 0.29) is 29.5 Å². The number of nitrogens with zero attached hydrogens (tertiary/aromatic N) is 1. The summed E-state index contributed by atoms with van der Waals surface area (Å²) in [7, 11) is 0. The van der Waals surface area contributed by atoms with Crippen LogP contribution in [0.4, 0.5) is 34.1 Å². The number of nitrogens with two attached hydrogens (primary N) is 1. The van der Waals surface area contributed by atoms with Crippen LogP contribution in [0.3, 0.4) is 0 Å². The number of benzene rings is 3. The maximum Gasteiger partial charge on any atom is 0.420 e. The van der Waals surface area contributed by atoms with E-state index in [2.05, 4.69) is 20.4 Å². The Morgan fingerprint density at radius 1 is 0.829 bits per heavy atom. The molecule has 1 heterocycles. The molecule has 0 unspecified atom stereocenters. The Hall–Kier alpha value is -5.59. The van der Waals surface area contributed by atoms with Crippen LogP contribution in [0.1, 0.15) is 21.6 Å². The molecule has 0 fully saturated rings. The van der Waals surface area contributed by atoms with Gasteiger partial charge in [-0.15, -0.1) is 0 Å². The number of primary amides is 1. The molecule has 0 atom stereocenters. The molecule has 0 aliphatic heterocycles. The molecule has 1 aromatic heterocycles. The monoisotopic (exact) mass is 566 g/mol. The molecule has 210 valence electrons. The second-order valence-corrected chi connectivity index (χ2v) is 8.27. The van der Waals surface area contributed by atoms with Crippen molar-refractivity contribution < 1.29 is 41.8 Å². The van der Waals surface area contributed by atoms with Crippen LogP contribution >= 0.6 is 0 Å². The third kappa shape index (κ3) is 8.20. The topological polar surface area (TPSA) is 142 Å². The Balaban J connectivity index is 1.37. The zero-order chi connectivity index (χ0) is 29.4. The van der Waals surface area contributed by atoms with Crippen molar-refractivity contribution in [3.63, 3.8) is 0 Å². The van der Waals surface area contributed by atoms with E-state index in [1.807, 2.05) is 0 Å². The predicted octanol–water partition coefficient (Wildman–Crippen LogP) is 6.35. The summed E-state index contributed by atoms with van der Waals surface area (Å²) >= 11 is 0. The zero-order valence-corrected chi connectivity index (χ0v) is 21.0. The van der Waals surface area contributed by atoms with Crippen LogP contribution in [0, 0.1) is 0 Å². The van der Waals surface area contributed by atoms with Crippen LogP contribution in [0.2, 0.25) is 0 Å². The number of halogens is 3. The summed E-state index contributed by atoms with van der Waals surface area (Å²) in [6.07, 6.45) is -4.73. The Bertz CT molecular complexity index is 1550. The van der Waals surface area contributed by atoms with E-state index < -0.39 is 29.8 Å². The number of hydrogen-bond acceptors (Lipinski definition) is 7. The molecule has 3 aromatic carbocycles. The van der Waals surface area contributed by atoms with Crippen molar-refractivity contribution in [1.82, 2.24) is 4.98 Å². The Morgan fingerprint density at radius 3 is 2.20 bits per heavy atom. The molecular formula is C28H21F3N4O6. The fourth-order valence-corrected chi connectivity index (χ4v) is 3.46. The molecule has 0 spiro atoms. The predicted molar refractivity (Wildman–Crippen MR) is 141 cm³/mol. The lowest BCUT2D eigenvalue weighted by atomic mass is 10.1. The van der Waals surface area contributed by atoms with E-state index in [1.54, 1.807) is 30.3 Å². The minimum atomic E-state index is -4.71. The normalized spacial score (nSPS) is 10.8. The number of carbonyl (C=O) groups excluding carboxylic acids is 3. The molecule has 10 nitrogen and oxygen atoms in total. The minimum absolute atomic E-state index is 0.0545. The molecule has 0 aliphatic rings.